The maximum Gasteiger partial charge on any atom is 0.118 e. The molecule has 0 amide bonds. The van der Waals surface area contributed by atoms with E-state index in [4.69, 9.17) is 4.74 Å². The topological polar surface area (TPSA) is 24.5 Å². The summed E-state index contributed by atoms with van der Waals surface area (Å²) in [6.45, 7) is 0.999. The molecule has 0 saturated carbocycles. The zero-order valence-corrected chi connectivity index (χ0v) is 13.1. The summed E-state index contributed by atoms with van der Waals surface area (Å²) >= 11 is 0. The van der Waals surface area contributed by atoms with Crippen LogP contribution in [0.3, 0.4) is 0 Å². The molecule has 0 aromatic heterocycles. The Labute approximate surface area is 123 Å². The number of methoxy groups -OCH3 is 1. The third kappa shape index (κ3) is 6.45. The van der Waals surface area contributed by atoms with Crippen molar-refractivity contribution in [2.24, 2.45) is 0 Å². The number of benzene rings is 1. The second-order valence-corrected chi connectivity index (χ2v) is 4.23. The molecule has 5 heteroatoms. The van der Waals surface area contributed by atoms with E-state index in [0.717, 1.165) is 18.7 Å². The second-order valence-electron chi connectivity index (χ2n) is 4.23. The van der Waals surface area contributed by atoms with Crippen molar-refractivity contribution in [3.63, 3.8) is 0 Å². The molecule has 106 valence electrons. The van der Waals surface area contributed by atoms with Gasteiger partial charge < -0.3 is 15.0 Å². The van der Waals surface area contributed by atoms with E-state index in [9.17, 15) is 0 Å². The van der Waals surface area contributed by atoms with Crippen molar-refractivity contribution in [1.82, 2.24) is 10.2 Å². The fourth-order valence-electron chi connectivity index (χ4n) is 1.71. The summed E-state index contributed by atoms with van der Waals surface area (Å²) in [5.41, 5.74) is 1.34. The zero-order valence-electron chi connectivity index (χ0n) is 11.5. The van der Waals surface area contributed by atoms with Crippen molar-refractivity contribution < 1.29 is 4.74 Å². The van der Waals surface area contributed by atoms with Crippen molar-refractivity contribution in [1.29, 1.82) is 0 Å². The molecule has 1 atom stereocenters. The van der Waals surface area contributed by atoms with Crippen LogP contribution in [0.25, 0.3) is 0 Å². The van der Waals surface area contributed by atoms with E-state index < -0.39 is 0 Å². The van der Waals surface area contributed by atoms with E-state index in [-0.39, 0.29) is 24.8 Å². The van der Waals surface area contributed by atoms with E-state index in [2.05, 4.69) is 36.4 Å². The van der Waals surface area contributed by atoms with E-state index in [1.165, 1.54) is 5.56 Å². The Hall–Kier alpha value is -0.480. The smallest absolute Gasteiger partial charge is 0.118 e. The van der Waals surface area contributed by atoms with Gasteiger partial charge in [0.2, 0.25) is 0 Å². The van der Waals surface area contributed by atoms with Crippen molar-refractivity contribution in [2.45, 2.75) is 12.5 Å². The molecule has 0 fully saturated rings. The SMILES string of the molecule is CNC[C@H](Cc1ccc(OC)cc1)N(C)C.Cl.Cl. The molecule has 0 aliphatic rings. The minimum absolute atomic E-state index is 0. The number of likely N-dealkylation sites (N-methyl/N-ethyl adjacent to an activating group) is 2. The number of rotatable bonds is 6. The molecule has 1 aromatic carbocycles. The largest absolute Gasteiger partial charge is 0.497 e. The van der Waals surface area contributed by atoms with E-state index in [1.54, 1.807) is 7.11 Å². The van der Waals surface area contributed by atoms with E-state index in [0.29, 0.717) is 6.04 Å². The predicted molar refractivity (Wildman–Crippen MR) is 82.6 cm³/mol. The first kappa shape index (κ1) is 19.9. The van der Waals surface area contributed by atoms with Gasteiger partial charge in [0.25, 0.3) is 0 Å². The van der Waals surface area contributed by atoms with Gasteiger partial charge in [-0.25, -0.2) is 0 Å². The highest BCUT2D eigenvalue weighted by Gasteiger charge is 2.10. The summed E-state index contributed by atoms with van der Waals surface area (Å²) in [5, 5.41) is 3.23. The Bertz CT molecular complexity index is 304. The minimum Gasteiger partial charge on any atom is -0.497 e. The Morgan fingerprint density at radius 1 is 1.17 bits per heavy atom. The van der Waals surface area contributed by atoms with Crippen molar-refractivity contribution in [2.75, 3.05) is 34.8 Å². The zero-order chi connectivity index (χ0) is 12.0. The summed E-state index contributed by atoms with van der Waals surface area (Å²) in [5.74, 6) is 0.916. The molecule has 0 radical (unpaired) electrons. The molecule has 1 N–H and O–H groups in total. The molecule has 18 heavy (non-hydrogen) atoms. The van der Waals surface area contributed by atoms with Crippen LogP contribution in [0, 0.1) is 0 Å². The lowest BCUT2D eigenvalue weighted by atomic mass is 10.1. The molecule has 0 unspecified atom stereocenters. The lowest BCUT2D eigenvalue weighted by molar-refractivity contribution is 0.286. The molecule has 0 spiro atoms. The molecule has 0 aliphatic heterocycles. The highest BCUT2D eigenvalue weighted by molar-refractivity contribution is 5.85. The molecule has 3 nitrogen and oxygen atoms in total. The van der Waals surface area contributed by atoms with Gasteiger partial charge in [-0.15, -0.1) is 24.8 Å². The average molecular weight is 295 g/mol. The standard InChI is InChI=1S/C13H22N2O.2ClH/c1-14-10-12(15(2)3)9-11-5-7-13(16-4)8-6-11;;/h5-8,12,14H,9-10H2,1-4H3;2*1H/t12-;;/m0../s1. The molecular weight excluding hydrogens is 271 g/mol. The Kier molecular flexibility index (Phi) is 11.5. The fraction of sp³-hybridized carbons (Fsp3) is 0.538. The van der Waals surface area contributed by atoms with Gasteiger partial charge in [0.15, 0.2) is 0 Å². The van der Waals surface area contributed by atoms with Crippen LogP contribution in [-0.4, -0.2) is 45.7 Å². The maximum atomic E-state index is 5.15. The minimum atomic E-state index is 0. The fourth-order valence-corrected chi connectivity index (χ4v) is 1.71. The molecule has 0 aliphatic carbocycles. The van der Waals surface area contributed by atoms with Crippen LogP contribution in [0.15, 0.2) is 24.3 Å². The first-order valence-corrected chi connectivity index (χ1v) is 5.61. The van der Waals surface area contributed by atoms with Gasteiger partial charge in [0.1, 0.15) is 5.75 Å². The summed E-state index contributed by atoms with van der Waals surface area (Å²) in [7, 11) is 7.92. The number of ether oxygens (including phenoxy) is 1. The highest BCUT2D eigenvalue weighted by atomic mass is 35.5. The van der Waals surface area contributed by atoms with Crippen LogP contribution in [0.1, 0.15) is 5.56 Å². The van der Waals surface area contributed by atoms with Crippen LogP contribution in [-0.2, 0) is 6.42 Å². The number of hydrogen-bond acceptors (Lipinski definition) is 3. The maximum absolute atomic E-state index is 5.15. The lowest BCUT2D eigenvalue weighted by Gasteiger charge is -2.24. The monoisotopic (exact) mass is 294 g/mol. The number of nitrogens with zero attached hydrogens (tertiary/aromatic N) is 1. The highest BCUT2D eigenvalue weighted by Crippen LogP contribution is 2.13. The van der Waals surface area contributed by atoms with E-state index >= 15 is 0 Å². The third-order valence-corrected chi connectivity index (χ3v) is 2.80. The van der Waals surface area contributed by atoms with Crippen molar-refractivity contribution in [3.05, 3.63) is 29.8 Å². The van der Waals surface area contributed by atoms with Gasteiger partial charge >= 0.3 is 0 Å². The molecule has 1 rings (SSSR count). The number of nitrogens with one attached hydrogen (secondary N) is 1. The number of halogens is 2. The quantitative estimate of drug-likeness (QED) is 0.871. The van der Waals surface area contributed by atoms with Gasteiger partial charge in [0.05, 0.1) is 7.11 Å². The summed E-state index contributed by atoms with van der Waals surface area (Å²) in [4.78, 5) is 2.25. The van der Waals surface area contributed by atoms with Crippen molar-refractivity contribution in [3.8, 4) is 5.75 Å². The van der Waals surface area contributed by atoms with Crippen LogP contribution >= 0.6 is 24.8 Å². The van der Waals surface area contributed by atoms with Gasteiger partial charge in [0, 0.05) is 12.6 Å². The molecule has 0 saturated heterocycles. The lowest BCUT2D eigenvalue weighted by Crippen LogP contribution is -2.38. The van der Waals surface area contributed by atoms with Crippen LogP contribution < -0.4 is 10.1 Å². The summed E-state index contributed by atoms with van der Waals surface area (Å²) in [6, 6.07) is 8.82. The van der Waals surface area contributed by atoms with Gasteiger partial charge in [-0.2, -0.15) is 0 Å². The first-order chi connectivity index (χ1) is 7.67. The van der Waals surface area contributed by atoms with Crippen LogP contribution in [0.5, 0.6) is 5.75 Å². The summed E-state index contributed by atoms with van der Waals surface area (Å²) in [6.07, 6.45) is 1.05. The Balaban J connectivity index is 0. The van der Waals surface area contributed by atoms with Crippen LogP contribution in [0.2, 0.25) is 0 Å². The second kappa shape index (κ2) is 10.4. The van der Waals surface area contributed by atoms with E-state index in [1.807, 2.05) is 19.2 Å². The normalized spacial score (nSPS) is 11.4. The molecule has 0 bridgehead atoms. The Morgan fingerprint density at radius 2 is 1.72 bits per heavy atom. The van der Waals surface area contributed by atoms with Gasteiger partial charge in [-0.3, -0.25) is 0 Å². The summed E-state index contributed by atoms with van der Waals surface area (Å²) < 4.78 is 5.15. The molecular formula is C13H24Cl2N2O. The van der Waals surface area contributed by atoms with Crippen molar-refractivity contribution >= 4 is 24.8 Å². The van der Waals surface area contributed by atoms with Crippen LogP contribution in [0.4, 0.5) is 0 Å². The Morgan fingerprint density at radius 3 is 2.11 bits per heavy atom. The molecule has 0 heterocycles. The average Bonchev–Trinajstić information content (AvgIpc) is 2.29. The predicted octanol–water partition coefficient (Wildman–Crippen LogP) is 2.23. The third-order valence-electron chi connectivity index (χ3n) is 2.80. The van der Waals surface area contributed by atoms with Gasteiger partial charge in [-0.05, 0) is 45.3 Å². The van der Waals surface area contributed by atoms with Gasteiger partial charge in [-0.1, -0.05) is 12.1 Å². The number of hydrogen-bond donors (Lipinski definition) is 1. The molecule has 1 aromatic rings. The first-order valence-electron chi connectivity index (χ1n) is 5.61.